The van der Waals surface area contributed by atoms with Crippen LogP contribution in [0.3, 0.4) is 0 Å². The van der Waals surface area contributed by atoms with Gasteiger partial charge in [-0.15, -0.1) is 0 Å². The average molecular weight is 208 g/mol. The van der Waals surface area contributed by atoms with Crippen molar-refractivity contribution in [1.29, 1.82) is 0 Å². The van der Waals surface area contributed by atoms with Crippen molar-refractivity contribution in [3.63, 3.8) is 0 Å². The van der Waals surface area contributed by atoms with Gasteiger partial charge in [-0.3, -0.25) is 0 Å². The van der Waals surface area contributed by atoms with Crippen LogP contribution in [0, 0.1) is 0 Å². The maximum atomic E-state index is 8.88. The third-order valence-corrected chi connectivity index (χ3v) is 2.70. The summed E-state index contributed by atoms with van der Waals surface area (Å²) in [6.07, 6.45) is -0.0479. The van der Waals surface area contributed by atoms with Crippen LogP contribution >= 0.6 is 0 Å². The molecule has 0 spiro atoms. The van der Waals surface area contributed by atoms with Crippen LogP contribution < -0.4 is 0 Å². The van der Waals surface area contributed by atoms with E-state index in [1.54, 1.807) is 0 Å². The topological polar surface area (TPSA) is 42.0 Å². The standard InChI is InChI=1S/C12H16O3/c1-12(11(7-13)15-12)9-14-8-10-5-3-2-4-6-10/h2-6,11,13H,7-9H2,1H3. The van der Waals surface area contributed by atoms with Gasteiger partial charge in [-0.2, -0.15) is 0 Å². The smallest absolute Gasteiger partial charge is 0.118 e. The zero-order valence-corrected chi connectivity index (χ0v) is 8.85. The zero-order valence-electron chi connectivity index (χ0n) is 8.85. The molecule has 1 aromatic rings. The van der Waals surface area contributed by atoms with Gasteiger partial charge in [0.05, 0.1) is 19.8 Å². The monoisotopic (exact) mass is 208 g/mol. The Labute approximate surface area is 89.6 Å². The Kier molecular flexibility index (Phi) is 3.05. The van der Waals surface area contributed by atoms with Crippen molar-refractivity contribution in [3.05, 3.63) is 35.9 Å². The van der Waals surface area contributed by atoms with Gasteiger partial charge in [-0.05, 0) is 12.5 Å². The van der Waals surface area contributed by atoms with Crippen molar-refractivity contribution in [2.24, 2.45) is 0 Å². The van der Waals surface area contributed by atoms with Crippen LogP contribution in [0.5, 0.6) is 0 Å². The number of aliphatic hydroxyl groups excluding tert-OH is 1. The summed E-state index contributed by atoms with van der Waals surface area (Å²) >= 11 is 0. The Bertz CT molecular complexity index is 312. The van der Waals surface area contributed by atoms with E-state index in [9.17, 15) is 0 Å². The molecule has 2 unspecified atom stereocenters. The van der Waals surface area contributed by atoms with Crippen LogP contribution in [0.2, 0.25) is 0 Å². The van der Waals surface area contributed by atoms with Crippen LogP contribution in [-0.2, 0) is 16.1 Å². The molecule has 1 aromatic carbocycles. The molecular formula is C12H16O3. The molecule has 0 bridgehead atoms. The summed E-state index contributed by atoms with van der Waals surface area (Å²) in [7, 11) is 0. The Morgan fingerprint density at radius 1 is 1.40 bits per heavy atom. The molecule has 3 nitrogen and oxygen atoms in total. The van der Waals surface area contributed by atoms with E-state index in [2.05, 4.69) is 0 Å². The largest absolute Gasteiger partial charge is 0.394 e. The third kappa shape index (κ3) is 2.56. The predicted molar refractivity (Wildman–Crippen MR) is 56.5 cm³/mol. The minimum Gasteiger partial charge on any atom is -0.394 e. The lowest BCUT2D eigenvalue weighted by Gasteiger charge is -2.07. The van der Waals surface area contributed by atoms with Gasteiger partial charge in [0, 0.05) is 0 Å². The molecule has 1 N–H and O–H groups in total. The van der Waals surface area contributed by atoms with Gasteiger partial charge in [-0.1, -0.05) is 30.3 Å². The molecule has 1 saturated heterocycles. The lowest BCUT2D eigenvalue weighted by atomic mass is 10.1. The van der Waals surface area contributed by atoms with E-state index in [0.717, 1.165) is 5.56 Å². The van der Waals surface area contributed by atoms with E-state index in [0.29, 0.717) is 13.2 Å². The molecule has 82 valence electrons. The summed E-state index contributed by atoms with van der Waals surface area (Å²) < 4.78 is 10.9. The Morgan fingerprint density at radius 2 is 2.13 bits per heavy atom. The van der Waals surface area contributed by atoms with E-state index in [1.807, 2.05) is 37.3 Å². The van der Waals surface area contributed by atoms with Crippen LogP contribution in [0.4, 0.5) is 0 Å². The van der Waals surface area contributed by atoms with Gasteiger partial charge in [0.1, 0.15) is 11.7 Å². The first kappa shape index (κ1) is 10.6. The van der Waals surface area contributed by atoms with Gasteiger partial charge in [-0.25, -0.2) is 0 Å². The summed E-state index contributed by atoms with van der Waals surface area (Å²) in [4.78, 5) is 0. The van der Waals surface area contributed by atoms with Gasteiger partial charge in [0.15, 0.2) is 0 Å². The molecule has 0 amide bonds. The van der Waals surface area contributed by atoms with Crippen LogP contribution in [0.15, 0.2) is 30.3 Å². The summed E-state index contributed by atoms with van der Waals surface area (Å²) in [5.74, 6) is 0. The highest BCUT2D eigenvalue weighted by atomic mass is 16.6. The van der Waals surface area contributed by atoms with Crippen molar-refractivity contribution >= 4 is 0 Å². The van der Waals surface area contributed by atoms with E-state index >= 15 is 0 Å². The number of epoxide rings is 1. The highest BCUT2D eigenvalue weighted by Gasteiger charge is 2.51. The molecule has 0 saturated carbocycles. The summed E-state index contributed by atoms with van der Waals surface area (Å²) in [5.41, 5.74) is 0.881. The zero-order chi connectivity index (χ0) is 10.7. The van der Waals surface area contributed by atoms with E-state index in [-0.39, 0.29) is 18.3 Å². The number of benzene rings is 1. The molecule has 1 aliphatic heterocycles. The lowest BCUT2D eigenvalue weighted by molar-refractivity contribution is 0.0742. The molecule has 0 aromatic heterocycles. The van der Waals surface area contributed by atoms with Gasteiger partial charge >= 0.3 is 0 Å². The maximum absolute atomic E-state index is 8.88. The second kappa shape index (κ2) is 4.31. The molecule has 15 heavy (non-hydrogen) atoms. The third-order valence-electron chi connectivity index (χ3n) is 2.70. The Morgan fingerprint density at radius 3 is 2.73 bits per heavy atom. The van der Waals surface area contributed by atoms with Gasteiger partial charge < -0.3 is 14.6 Å². The first-order valence-electron chi connectivity index (χ1n) is 5.15. The SMILES string of the molecule is CC1(COCc2ccccc2)OC1CO. The van der Waals surface area contributed by atoms with Crippen molar-refractivity contribution in [3.8, 4) is 0 Å². The van der Waals surface area contributed by atoms with Gasteiger partial charge in [0.2, 0.25) is 0 Å². The van der Waals surface area contributed by atoms with E-state index in [1.165, 1.54) is 0 Å². The van der Waals surface area contributed by atoms with Gasteiger partial charge in [0.25, 0.3) is 0 Å². The minimum absolute atomic E-state index is 0.0479. The predicted octanol–water partition coefficient (Wildman–Crippen LogP) is 1.35. The first-order valence-corrected chi connectivity index (χ1v) is 5.15. The highest BCUT2D eigenvalue weighted by molar-refractivity contribution is 5.13. The Balaban J connectivity index is 1.72. The molecule has 3 heteroatoms. The number of hydrogen-bond donors (Lipinski definition) is 1. The summed E-state index contributed by atoms with van der Waals surface area (Å²) in [5, 5.41) is 8.88. The number of rotatable bonds is 5. The molecule has 0 radical (unpaired) electrons. The van der Waals surface area contributed by atoms with Crippen LogP contribution in [0.25, 0.3) is 0 Å². The normalized spacial score (nSPS) is 29.1. The molecule has 1 aliphatic rings. The fourth-order valence-corrected chi connectivity index (χ4v) is 1.59. The number of ether oxygens (including phenoxy) is 2. The second-order valence-electron chi connectivity index (χ2n) is 4.08. The van der Waals surface area contributed by atoms with E-state index < -0.39 is 0 Å². The molecular weight excluding hydrogens is 192 g/mol. The van der Waals surface area contributed by atoms with Crippen molar-refractivity contribution in [1.82, 2.24) is 0 Å². The van der Waals surface area contributed by atoms with E-state index in [4.69, 9.17) is 14.6 Å². The molecule has 1 heterocycles. The summed E-state index contributed by atoms with van der Waals surface area (Å²) in [6.45, 7) is 3.16. The number of aliphatic hydroxyl groups is 1. The molecule has 0 aliphatic carbocycles. The summed E-state index contributed by atoms with van der Waals surface area (Å²) in [6, 6.07) is 10.0. The van der Waals surface area contributed by atoms with Crippen molar-refractivity contribution < 1.29 is 14.6 Å². The second-order valence-corrected chi connectivity index (χ2v) is 4.08. The fourth-order valence-electron chi connectivity index (χ4n) is 1.59. The van der Waals surface area contributed by atoms with Crippen molar-refractivity contribution in [2.45, 2.75) is 25.2 Å². The highest BCUT2D eigenvalue weighted by Crippen LogP contribution is 2.35. The van der Waals surface area contributed by atoms with Crippen LogP contribution in [-0.4, -0.2) is 30.0 Å². The molecule has 2 rings (SSSR count). The van der Waals surface area contributed by atoms with Crippen LogP contribution in [0.1, 0.15) is 12.5 Å². The number of hydrogen-bond acceptors (Lipinski definition) is 3. The first-order chi connectivity index (χ1) is 7.24. The molecule has 2 atom stereocenters. The minimum atomic E-state index is -0.274. The maximum Gasteiger partial charge on any atom is 0.118 e. The average Bonchev–Trinajstić information content (AvgIpc) is 2.91. The Hall–Kier alpha value is -0.900. The quantitative estimate of drug-likeness (QED) is 0.743. The van der Waals surface area contributed by atoms with Crippen molar-refractivity contribution in [2.75, 3.05) is 13.2 Å². The molecule has 1 fully saturated rings. The lowest BCUT2D eigenvalue weighted by Crippen LogP contribution is -2.20. The fraction of sp³-hybridized carbons (Fsp3) is 0.500.